The van der Waals surface area contributed by atoms with Crippen LogP contribution in [-0.2, 0) is 17.9 Å². The van der Waals surface area contributed by atoms with E-state index in [0.29, 0.717) is 6.54 Å². The van der Waals surface area contributed by atoms with Crippen molar-refractivity contribution < 1.29 is 4.79 Å². The van der Waals surface area contributed by atoms with Crippen LogP contribution in [0.5, 0.6) is 0 Å². The van der Waals surface area contributed by atoms with Crippen molar-refractivity contribution in [2.75, 3.05) is 25.1 Å². The third kappa shape index (κ3) is 8.08. The van der Waals surface area contributed by atoms with Crippen molar-refractivity contribution in [3.63, 3.8) is 0 Å². The van der Waals surface area contributed by atoms with Gasteiger partial charge in [0.2, 0.25) is 5.91 Å². The van der Waals surface area contributed by atoms with Crippen LogP contribution in [0.4, 0.5) is 0 Å². The Morgan fingerprint density at radius 3 is 2.62 bits per heavy atom. The molecule has 0 saturated carbocycles. The predicted molar refractivity (Wildman–Crippen MR) is 108 cm³/mol. The lowest BCUT2D eigenvalue weighted by Crippen LogP contribution is -2.40. The molecule has 1 amide bonds. The second kappa shape index (κ2) is 12.8. The number of halogens is 2. The summed E-state index contributed by atoms with van der Waals surface area (Å²) in [5.41, 5.74) is 8.33. The summed E-state index contributed by atoms with van der Waals surface area (Å²) in [6.07, 6.45) is 5.37. The van der Waals surface area contributed by atoms with Gasteiger partial charge < -0.3 is 11.1 Å². The number of hydrogen-bond acceptors (Lipinski definition) is 4. The molecule has 0 aromatic heterocycles. The third-order valence-electron chi connectivity index (χ3n) is 4.03. The maximum absolute atomic E-state index is 11.9. The Bertz CT molecular complexity index is 485. The molecule has 1 aliphatic heterocycles. The lowest BCUT2D eigenvalue weighted by molar-refractivity contribution is -0.122. The molecule has 1 fully saturated rings. The van der Waals surface area contributed by atoms with Gasteiger partial charge in [0.25, 0.3) is 0 Å². The van der Waals surface area contributed by atoms with Gasteiger partial charge >= 0.3 is 0 Å². The molecule has 0 bridgehead atoms. The number of nitrogens with zero attached hydrogens (tertiary/aromatic N) is 1. The lowest BCUT2D eigenvalue weighted by Gasteiger charge is -2.16. The fourth-order valence-corrected chi connectivity index (χ4v) is 3.22. The summed E-state index contributed by atoms with van der Waals surface area (Å²) >= 11 is 1.71. The number of benzene rings is 1. The van der Waals surface area contributed by atoms with E-state index in [-0.39, 0.29) is 30.7 Å². The first-order valence-electron chi connectivity index (χ1n) is 8.01. The summed E-state index contributed by atoms with van der Waals surface area (Å²) in [5, 5.41) is 2.94. The minimum atomic E-state index is -0.403. The molecule has 2 rings (SSSR count). The minimum absolute atomic E-state index is 0. The highest BCUT2D eigenvalue weighted by Gasteiger charge is 2.13. The molecule has 0 radical (unpaired) electrons. The monoisotopic (exact) mass is 393 g/mol. The number of amides is 1. The van der Waals surface area contributed by atoms with Crippen LogP contribution in [0.15, 0.2) is 24.3 Å². The largest absolute Gasteiger partial charge is 0.351 e. The van der Waals surface area contributed by atoms with Crippen LogP contribution in [0.1, 0.15) is 30.4 Å². The van der Waals surface area contributed by atoms with Gasteiger partial charge in [-0.15, -0.1) is 24.8 Å². The molecule has 3 N–H and O–H groups in total. The van der Waals surface area contributed by atoms with E-state index in [1.54, 1.807) is 11.8 Å². The van der Waals surface area contributed by atoms with E-state index in [9.17, 15) is 4.79 Å². The predicted octanol–water partition coefficient (Wildman–Crippen LogP) is 2.82. The fourth-order valence-electron chi connectivity index (χ4n) is 2.73. The third-order valence-corrected chi connectivity index (χ3v) is 4.68. The SMILES string of the molecule is CSCC[C@H](N)C(=O)NCc1cccc(CN2CCCC2)c1.Cl.Cl. The molecule has 1 heterocycles. The van der Waals surface area contributed by atoms with Crippen LogP contribution in [0, 0.1) is 0 Å². The molecule has 1 aromatic carbocycles. The first kappa shape index (κ1) is 23.5. The van der Waals surface area contributed by atoms with Crippen molar-refractivity contribution in [3.8, 4) is 0 Å². The van der Waals surface area contributed by atoms with Gasteiger partial charge in [0, 0.05) is 13.1 Å². The molecule has 24 heavy (non-hydrogen) atoms. The second-order valence-electron chi connectivity index (χ2n) is 5.91. The number of likely N-dealkylation sites (tertiary alicyclic amines) is 1. The molecular formula is C17H29Cl2N3OS. The van der Waals surface area contributed by atoms with Gasteiger partial charge in [0.15, 0.2) is 0 Å². The van der Waals surface area contributed by atoms with Gasteiger partial charge in [-0.2, -0.15) is 11.8 Å². The summed E-state index contributed by atoms with van der Waals surface area (Å²) in [7, 11) is 0. The standard InChI is InChI=1S/C17H27N3OS.2ClH/c1-22-10-7-16(18)17(21)19-12-14-5-4-6-15(11-14)13-20-8-2-3-9-20;;/h4-6,11,16H,2-3,7-10,12-13,18H2,1H3,(H,19,21);2*1H/t16-;;/m0../s1. The van der Waals surface area contributed by atoms with E-state index in [4.69, 9.17) is 5.73 Å². The van der Waals surface area contributed by atoms with E-state index in [0.717, 1.165) is 24.3 Å². The van der Waals surface area contributed by atoms with E-state index in [2.05, 4.69) is 34.5 Å². The Labute approximate surface area is 162 Å². The van der Waals surface area contributed by atoms with Crippen LogP contribution in [0.25, 0.3) is 0 Å². The van der Waals surface area contributed by atoms with Gasteiger partial charge in [-0.3, -0.25) is 9.69 Å². The van der Waals surface area contributed by atoms with Crippen molar-refractivity contribution in [2.24, 2.45) is 5.73 Å². The number of nitrogens with one attached hydrogen (secondary N) is 1. The zero-order valence-electron chi connectivity index (χ0n) is 14.2. The zero-order chi connectivity index (χ0) is 15.8. The normalized spacial score (nSPS) is 15.2. The quantitative estimate of drug-likeness (QED) is 0.712. The molecule has 138 valence electrons. The summed E-state index contributed by atoms with van der Waals surface area (Å²) in [5.74, 6) is 0.860. The molecule has 0 spiro atoms. The van der Waals surface area contributed by atoms with Crippen molar-refractivity contribution in [1.82, 2.24) is 10.2 Å². The molecule has 7 heteroatoms. The van der Waals surface area contributed by atoms with Crippen LogP contribution >= 0.6 is 36.6 Å². The highest BCUT2D eigenvalue weighted by atomic mass is 35.5. The number of carbonyl (C=O) groups excluding carboxylic acids is 1. The Balaban J connectivity index is 0.00000264. The number of carbonyl (C=O) groups is 1. The Morgan fingerprint density at radius 1 is 1.29 bits per heavy atom. The summed E-state index contributed by atoms with van der Waals surface area (Å²) in [6.45, 7) is 3.96. The van der Waals surface area contributed by atoms with Gasteiger partial charge in [0.1, 0.15) is 0 Å². The van der Waals surface area contributed by atoms with Gasteiger partial charge in [-0.1, -0.05) is 24.3 Å². The van der Waals surface area contributed by atoms with E-state index in [1.165, 1.54) is 31.5 Å². The molecule has 0 aliphatic carbocycles. The van der Waals surface area contributed by atoms with Gasteiger partial charge in [0.05, 0.1) is 6.04 Å². The highest BCUT2D eigenvalue weighted by Crippen LogP contribution is 2.13. The molecule has 4 nitrogen and oxygen atoms in total. The Kier molecular flexibility index (Phi) is 12.6. The van der Waals surface area contributed by atoms with Gasteiger partial charge in [-0.05, 0) is 55.5 Å². The van der Waals surface area contributed by atoms with Crippen molar-refractivity contribution in [2.45, 2.75) is 38.4 Å². The number of rotatable bonds is 8. The maximum atomic E-state index is 11.9. The summed E-state index contributed by atoms with van der Waals surface area (Å²) in [4.78, 5) is 14.4. The van der Waals surface area contributed by atoms with Crippen molar-refractivity contribution in [3.05, 3.63) is 35.4 Å². The minimum Gasteiger partial charge on any atom is -0.351 e. The maximum Gasteiger partial charge on any atom is 0.237 e. The molecule has 1 aromatic rings. The topological polar surface area (TPSA) is 58.4 Å². The molecule has 1 saturated heterocycles. The fraction of sp³-hybridized carbons (Fsp3) is 0.588. The number of nitrogens with two attached hydrogens (primary N) is 1. The summed E-state index contributed by atoms with van der Waals surface area (Å²) < 4.78 is 0. The first-order chi connectivity index (χ1) is 10.7. The average molecular weight is 394 g/mol. The van der Waals surface area contributed by atoms with Crippen molar-refractivity contribution >= 4 is 42.5 Å². The molecule has 1 atom stereocenters. The molecule has 1 aliphatic rings. The number of hydrogen-bond donors (Lipinski definition) is 2. The number of thioether (sulfide) groups is 1. The lowest BCUT2D eigenvalue weighted by atomic mass is 10.1. The second-order valence-corrected chi connectivity index (χ2v) is 6.89. The van der Waals surface area contributed by atoms with Crippen LogP contribution in [-0.4, -0.2) is 41.9 Å². The van der Waals surface area contributed by atoms with Crippen LogP contribution < -0.4 is 11.1 Å². The van der Waals surface area contributed by atoms with E-state index >= 15 is 0 Å². The van der Waals surface area contributed by atoms with E-state index in [1.807, 2.05) is 6.26 Å². The Hall–Kier alpha value is -0.460. The first-order valence-corrected chi connectivity index (χ1v) is 9.41. The molecular weight excluding hydrogens is 365 g/mol. The smallest absolute Gasteiger partial charge is 0.237 e. The Morgan fingerprint density at radius 2 is 1.96 bits per heavy atom. The summed E-state index contributed by atoms with van der Waals surface area (Å²) in [6, 6.07) is 8.07. The van der Waals surface area contributed by atoms with Crippen LogP contribution in [0.2, 0.25) is 0 Å². The van der Waals surface area contributed by atoms with Crippen LogP contribution in [0.3, 0.4) is 0 Å². The zero-order valence-corrected chi connectivity index (χ0v) is 16.7. The van der Waals surface area contributed by atoms with Gasteiger partial charge in [-0.25, -0.2) is 0 Å². The highest BCUT2D eigenvalue weighted by molar-refractivity contribution is 7.98. The molecule has 0 unspecified atom stereocenters. The average Bonchev–Trinajstić information content (AvgIpc) is 3.03. The van der Waals surface area contributed by atoms with Crippen molar-refractivity contribution in [1.29, 1.82) is 0 Å². The van der Waals surface area contributed by atoms with E-state index < -0.39 is 6.04 Å².